The molecule has 1 aromatic rings. The number of thioether (sulfide) groups is 1. The fourth-order valence-electron chi connectivity index (χ4n) is 3.91. The number of carbonyl (C=O) groups is 1. The number of likely N-dealkylation sites (N-methyl/N-ethyl adjacent to an activating group) is 1. The van der Waals surface area contributed by atoms with Gasteiger partial charge in [0, 0.05) is 0 Å². The second-order valence-corrected chi connectivity index (χ2v) is 10.4. The molecule has 2 atom stereocenters. The molecular formula is C19H29FN6O2S. The van der Waals surface area contributed by atoms with Gasteiger partial charge in [-0.2, -0.15) is 0 Å². The topological polar surface area (TPSA) is 114 Å². The van der Waals surface area contributed by atoms with Crippen LogP contribution in [0.15, 0.2) is 17.1 Å². The second kappa shape index (κ2) is 7.10. The number of aliphatic imine (C=N–C) groups is 1. The fourth-order valence-corrected chi connectivity index (χ4v) is 5.64. The van der Waals surface area contributed by atoms with Crippen molar-refractivity contribution in [2.45, 2.75) is 61.9 Å². The zero-order chi connectivity index (χ0) is 21.7. The number of halogens is 1. The average Bonchev–Trinajstić information content (AvgIpc) is 2.60. The van der Waals surface area contributed by atoms with Gasteiger partial charge in [-0.05, 0) is 66.8 Å². The van der Waals surface area contributed by atoms with E-state index >= 15 is 4.39 Å². The predicted molar refractivity (Wildman–Crippen MR) is 113 cm³/mol. The van der Waals surface area contributed by atoms with Crippen LogP contribution in [0.1, 0.15) is 46.7 Å². The number of pyridine rings is 1. The van der Waals surface area contributed by atoms with E-state index in [4.69, 9.17) is 15.5 Å². The average molecular weight is 425 g/mol. The van der Waals surface area contributed by atoms with Gasteiger partial charge in [0.15, 0.2) is 5.72 Å². The lowest BCUT2D eigenvalue weighted by Crippen LogP contribution is -2.64. The third kappa shape index (κ3) is 3.69. The first-order valence-corrected chi connectivity index (χ1v) is 10.3. The maximum atomic E-state index is 15.1. The third-order valence-electron chi connectivity index (χ3n) is 5.33. The Hall–Kier alpha value is -1.91. The summed E-state index contributed by atoms with van der Waals surface area (Å²) in [6, 6.07) is 2.86. The van der Waals surface area contributed by atoms with Crippen LogP contribution in [0.3, 0.4) is 0 Å². The van der Waals surface area contributed by atoms with E-state index in [1.54, 1.807) is 20.9 Å². The van der Waals surface area contributed by atoms with Crippen LogP contribution < -0.4 is 21.7 Å². The maximum Gasteiger partial charge on any atom is 0.414 e. The Labute approximate surface area is 174 Å². The van der Waals surface area contributed by atoms with Gasteiger partial charge in [-0.3, -0.25) is 10.3 Å². The Morgan fingerprint density at radius 3 is 2.59 bits per heavy atom. The highest BCUT2D eigenvalue weighted by molar-refractivity contribution is 8.02. The predicted octanol–water partition coefficient (Wildman–Crippen LogP) is 2.51. The third-order valence-corrected chi connectivity index (χ3v) is 7.18. The van der Waals surface area contributed by atoms with Crippen molar-refractivity contribution in [2.75, 3.05) is 18.9 Å². The molecule has 10 heteroatoms. The number of anilines is 1. The summed E-state index contributed by atoms with van der Waals surface area (Å²) in [4.78, 5) is 21.3. The number of hydrogen-bond donors (Lipinski definition) is 4. The number of rotatable bonds is 3. The van der Waals surface area contributed by atoms with Crippen molar-refractivity contribution in [3.05, 3.63) is 23.6 Å². The van der Waals surface area contributed by atoms with Crippen molar-refractivity contribution in [2.24, 2.45) is 10.7 Å². The summed E-state index contributed by atoms with van der Waals surface area (Å²) < 4.78 is 20.0. The maximum absolute atomic E-state index is 15.1. The van der Waals surface area contributed by atoms with Crippen molar-refractivity contribution < 1.29 is 13.9 Å². The quantitative estimate of drug-likeness (QED) is 0.589. The number of amidine groups is 1. The van der Waals surface area contributed by atoms with Crippen LogP contribution >= 0.6 is 11.8 Å². The number of ether oxygens (including phenoxy) is 1. The zero-order valence-corrected chi connectivity index (χ0v) is 18.5. The highest BCUT2D eigenvalue weighted by atomic mass is 32.2. The van der Waals surface area contributed by atoms with E-state index in [0.717, 1.165) is 0 Å². The van der Waals surface area contributed by atoms with Gasteiger partial charge in [-0.1, -0.05) is 0 Å². The molecule has 5 N–H and O–H groups in total. The molecule has 2 aliphatic rings. The Kier molecular flexibility index (Phi) is 5.34. The standard InChI is InChI=1S/C19H29FN6O2S/c1-16(2)14-24-15(27)28-17(3,4)25-12-8-7-11(20)13(23-12)18(5,26-14)19(22-6,29-16)9-10-21/h7-8,22H,9-10,21H2,1-6H3,(H,23,25)(H,24,26,27)/t18-,19+/m1/s1. The highest BCUT2D eigenvalue weighted by Crippen LogP contribution is 2.54. The van der Waals surface area contributed by atoms with E-state index in [1.807, 2.05) is 20.8 Å². The number of aromatic nitrogens is 1. The Morgan fingerprint density at radius 1 is 1.28 bits per heavy atom. The van der Waals surface area contributed by atoms with Crippen LogP contribution in [-0.4, -0.2) is 45.8 Å². The smallest absolute Gasteiger partial charge is 0.414 e. The largest absolute Gasteiger partial charge is 0.423 e. The summed E-state index contributed by atoms with van der Waals surface area (Å²) in [5, 5.41) is 9.15. The van der Waals surface area contributed by atoms with Crippen LogP contribution in [-0.2, 0) is 10.3 Å². The van der Waals surface area contributed by atoms with Crippen molar-refractivity contribution in [3.63, 3.8) is 0 Å². The molecule has 1 amide bonds. The monoisotopic (exact) mass is 424 g/mol. The van der Waals surface area contributed by atoms with E-state index < -0.39 is 32.8 Å². The highest BCUT2D eigenvalue weighted by Gasteiger charge is 2.58. The number of fused-ring (bicyclic) bond motifs is 4. The number of amides is 1. The van der Waals surface area contributed by atoms with Crippen LogP contribution in [0.2, 0.25) is 0 Å². The number of nitrogens with zero attached hydrogens (tertiary/aromatic N) is 2. The molecule has 0 aromatic carbocycles. The van der Waals surface area contributed by atoms with E-state index in [2.05, 4.69) is 20.9 Å². The first-order chi connectivity index (χ1) is 13.4. The summed E-state index contributed by atoms with van der Waals surface area (Å²) in [6.07, 6.45) is -0.136. The molecule has 3 rings (SSSR count). The molecule has 1 aromatic heterocycles. The van der Waals surface area contributed by atoms with E-state index in [-0.39, 0.29) is 5.69 Å². The van der Waals surface area contributed by atoms with Crippen LogP contribution in [0.4, 0.5) is 15.0 Å². The van der Waals surface area contributed by atoms with Gasteiger partial charge < -0.3 is 21.1 Å². The molecule has 0 aliphatic carbocycles. The summed E-state index contributed by atoms with van der Waals surface area (Å²) in [5.41, 5.74) is 3.89. The minimum absolute atomic E-state index is 0.165. The lowest BCUT2D eigenvalue weighted by atomic mass is 9.84. The normalized spacial score (nSPS) is 30.2. The Bertz CT molecular complexity index is 861. The molecule has 0 radical (unpaired) electrons. The molecule has 0 unspecified atom stereocenters. The van der Waals surface area contributed by atoms with Crippen LogP contribution in [0.5, 0.6) is 0 Å². The Balaban J connectivity index is 2.34. The molecule has 160 valence electrons. The van der Waals surface area contributed by atoms with E-state index in [0.29, 0.717) is 24.6 Å². The Morgan fingerprint density at radius 2 is 1.97 bits per heavy atom. The molecule has 0 fully saturated rings. The van der Waals surface area contributed by atoms with Crippen LogP contribution in [0, 0.1) is 5.82 Å². The minimum atomic E-state index is -1.15. The van der Waals surface area contributed by atoms with Gasteiger partial charge in [0.2, 0.25) is 0 Å². The number of alkyl carbamates (subject to hydrolysis) is 1. The van der Waals surface area contributed by atoms with Gasteiger partial charge in [0.05, 0.1) is 9.62 Å². The van der Waals surface area contributed by atoms with Gasteiger partial charge in [-0.25, -0.2) is 14.2 Å². The molecule has 0 saturated carbocycles. The first-order valence-electron chi connectivity index (χ1n) is 9.53. The lowest BCUT2D eigenvalue weighted by molar-refractivity contribution is 0.0623. The molecule has 0 saturated heterocycles. The van der Waals surface area contributed by atoms with Gasteiger partial charge in [-0.15, -0.1) is 11.8 Å². The SMILES string of the molecule is CN[C@@]1(CCN)SC(C)(C)C2=N[C@]1(C)c1nc(ccc1F)NC(C)(C)OC(=O)N2. The number of nitrogens with two attached hydrogens (primary N) is 1. The minimum Gasteiger partial charge on any atom is -0.423 e. The molecule has 29 heavy (non-hydrogen) atoms. The summed E-state index contributed by atoms with van der Waals surface area (Å²) in [5.74, 6) is 0.288. The van der Waals surface area contributed by atoms with Gasteiger partial charge in [0.25, 0.3) is 0 Å². The lowest BCUT2D eigenvalue weighted by Gasteiger charge is -2.53. The number of hydrogen-bond acceptors (Lipinski definition) is 8. The zero-order valence-electron chi connectivity index (χ0n) is 17.6. The van der Waals surface area contributed by atoms with Gasteiger partial charge >= 0.3 is 6.09 Å². The molecular weight excluding hydrogens is 395 g/mol. The summed E-state index contributed by atoms with van der Waals surface area (Å²) in [7, 11) is 1.81. The van der Waals surface area contributed by atoms with Crippen LogP contribution in [0.25, 0.3) is 0 Å². The number of cyclic esters (lactones) is 1. The number of nitrogens with one attached hydrogen (secondary N) is 3. The van der Waals surface area contributed by atoms with Crippen molar-refractivity contribution >= 4 is 29.5 Å². The number of carbonyl (C=O) groups excluding carboxylic acids is 1. The van der Waals surface area contributed by atoms with Crippen molar-refractivity contribution in [1.29, 1.82) is 0 Å². The summed E-state index contributed by atoms with van der Waals surface area (Å²) >= 11 is 1.54. The second-order valence-electron chi connectivity index (χ2n) is 8.44. The fraction of sp³-hybridized carbons (Fsp3) is 0.632. The van der Waals surface area contributed by atoms with Gasteiger partial charge in [0.1, 0.15) is 28.7 Å². The molecule has 0 spiro atoms. The summed E-state index contributed by atoms with van der Waals surface area (Å²) in [6.45, 7) is 9.46. The van der Waals surface area contributed by atoms with Crippen molar-refractivity contribution in [3.8, 4) is 0 Å². The molecule has 3 heterocycles. The van der Waals surface area contributed by atoms with Crippen molar-refractivity contribution in [1.82, 2.24) is 15.6 Å². The molecule has 4 bridgehead atoms. The first kappa shape index (κ1) is 21.8. The van der Waals surface area contributed by atoms with E-state index in [9.17, 15) is 4.79 Å². The molecule has 8 nitrogen and oxygen atoms in total. The van der Waals surface area contributed by atoms with E-state index in [1.165, 1.54) is 23.9 Å². The molecule has 2 aliphatic heterocycles.